The second-order valence-corrected chi connectivity index (χ2v) is 5.75. The van der Waals surface area contributed by atoms with E-state index in [1.165, 1.54) is 5.56 Å². The predicted molar refractivity (Wildman–Crippen MR) is 77.7 cm³/mol. The van der Waals surface area contributed by atoms with Crippen LogP contribution < -0.4 is 10.1 Å². The molecule has 1 saturated heterocycles. The molecule has 4 heteroatoms. The van der Waals surface area contributed by atoms with Crippen LogP contribution in [0.1, 0.15) is 37.3 Å². The van der Waals surface area contributed by atoms with E-state index in [2.05, 4.69) is 22.3 Å². The Labute approximate surface area is 120 Å². The van der Waals surface area contributed by atoms with Crippen LogP contribution in [0.3, 0.4) is 0 Å². The van der Waals surface area contributed by atoms with E-state index in [1.807, 2.05) is 12.1 Å². The molecule has 1 atom stereocenters. The Morgan fingerprint density at radius 2 is 2.25 bits per heavy atom. The zero-order valence-electron chi connectivity index (χ0n) is 12.0. The van der Waals surface area contributed by atoms with Crippen molar-refractivity contribution in [2.24, 2.45) is 0 Å². The zero-order chi connectivity index (χ0) is 13.9. The Morgan fingerprint density at radius 1 is 1.40 bits per heavy atom. The van der Waals surface area contributed by atoms with E-state index in [0.717, 1.165) is 38.0 Å². The SMILES string of the molecule is COc1cccc(C2CCCN2CC(=O)NC2CC2)c1. The fourth-order valence-electron chi connectivity index (χ4n) is 2.93. The topological polar surface area (TPSA) is 41.6 Å². The monoisotopic (exact) mass is 274 g/mol. The number of rotatable bonds is 5. The predicted octanol–water partition coefficient (Wildman–Crippen LogP) is 2.11. The van der Waals surface area contributed by atoms with Crippen molar-refractivity contribution in [2.75, 3.05) is 20.2 Å². The lowest BCUT2D eigenvalue weighted by Crippen LogP contribution is -2.37. The van der Waals surface area contributed by atoms with E-state index in [0.29, 0.717) is 18.6 Å². The molecule has 1 aromatic carbocycles. The average Bonchev–Trinajstić information content (AvgIpc) is 3.15. The van der Waals surface area contributed by atoms with Crippen LogP contribution in [0, 0.1) is 0 Å². The van der Waals surface area contributed by atoms with Gasteiger partial charge >= 0.3 is 0 Å². The van der Waals surface area contributed by atoms with Crippen LogP contribution >= 0.6 is 0 Å². The lowest BCUT2D eigenvalue weighted by atomic mass is 10.0. The molecule has 1 N–H and O–H groups in total. The van der Waals surface area contributed by atoms with Crippen molar-refractivity contribution >= 4 is 5.91 Å². The number of likely N-dealkylation sites (tertiary alicyclic amines) is 1. The number of ether oxygens (including phenoxy) is 1. The van der Waals surface area contributed by atoms with Gasteiger partial charge in [0.25, 0.3) is 0 Å². The van der Waals surface area contributed by atoms with Gasteiger partial charge in [0, 0.05) is 12.1 Å². The van der Waals surface area contributed by atoms with Crippen LogP contribution in [-0.2, 0) is 4.79 Å². The van der Waals surface area contributed by atoms with Crippen LogP contribution in [0.15, 0.2) is 24.3 Å². The van der Waals surface area contributed by atoms with E-state index in [1.54, 1.807) is 7.11 Å². The molecule has 108 valence electrons. The lowest BCUT2D eigenvalue weighted by Gasteiger charge is -2.24. The van der Waals surface area contributed by atoms with Crippen LogP contribution in [0.25, 0.3) is 0 Å². The summed E-state index contributed by atoms with van der Waals surface area (Å²) in [4.78, 5) is 14.3. The second kappa shape index (κ2) is 5.83. The largest absolute Gasteiger partial charge is 0.497 e. The number of carbonyl (C=O) groups is 1. The number of nitrogens with zero attached hydrogens (tertiary/aromatic N) is 1. The first-order valence-electron chi connectivity index (χ1n) is 7.43. The molecule has 1 heterocycles. The molecule has 20 heavy (non-hydrogen) atoms. The normalized spacial score (nSPS) is 22.8. The second-order valence-electron chi connectivity index (χ2n) is 5.75. The van der Waals surface area contributed by atoms with Crippen LogP contribution in [-0.4, -0.2) is 37.0 Å². The highest BCUT2D eigenvalue weighted by Crippen LogP contribution is 2.33. The molecule has 1 amide bonds. The van der Waals surface area contributed by atoms with Crippen molar-refractivity contribution in [1.29, 1.82) is 0 Å². The summed E-state index contributed by atoms with van der Waals surface area (Å²) in [5, 5.41) is 3.07. The van der Waals surface area contributed by atoms with E-state index >= 15 is 0 Å². The highest BCUT2D eigenvalue weighted by molar-refractivity contribution is 5.78. The Bertz CT molecular complexity index is 485. The molecule has 2 aliphatic rings. The van der Waals surface area contributed by atoms with E-state index < -0.39 is 0 Å². The number of carbonyl (C=O) groups excluding carboxylic acids is 1. The molecule has 1 aliphatic carbocycles. The van der Waals surface area contributed by atoms with Crippen molar-refractivity contribution < 1.29 is 9.53 Å². The molecule has 3 rings (SSSR count). The molecule has 1 unspecified atom stereocenters. The van der Waals surface area contributed by atoms with Gasteiger partial charge in [-0.15, -0.1) is 0 Å². The standard InChI is InChI=1S/C16H22N2O2/c1-20-14-5-2-4-12(10-14)15-6-3-9-18(15)11-16(19)17-13-7-8-13/h2,4-5,10,13,15H,3,6-9,11H2,1H3,(H,17,19). The molecule has 0 bridgehead atoms. The summed E-state index contributed by atoms with van der Waals surface area (Å²) in [6.07, 6.45) is 4.55. The molecular formula is C16H22N2O2. The minimum Gasteiger partial charge on any atom is -0.497 e. The van der Waals surface area contributed by atoms with Gasteiger partial charge in [-0.1, -0.05) is 12.1 Å². The van der Waals surface area contributed by atoms with Gasteiger partial charge in [-0.3, -0.25) is 9.69 Å². The number of hydrogen-bond acceptors (Lipinski definition) is 3. The van der Waals surface area contributed by atoms with Gasteiger partial charge in [-0.25, -0.2) is 0 Å². The van der Waals surface area contributed by atoms with Crippen molar-refractivity contribution in [2.45, 2.75) is 37.8 Å². The molecule has 1 aromatic rings. The van der Waals surface area contributed by atoms with E-state index in [-0.39, 0.29) is 5.91 Å². The highest BCUT2D eigenvalue weighted by Gasteiger charge is 2.29. The van der Waals surface area contributed by atoms with Crippen molar-refractivity contribution in [3.05, 3.63) is 29.8 Å². The fourth-order valence-corrected chi connectivity index (χ4v) is 2.93. The van der Waals surface area contributed by atoms with Gasteiger partial charge in [0.05, 0.1) is 13.7 Å². The smallest absolute Gasteiger partial charge is 0.234 e. The average molecular weight is 274 g/mol. The number of nitrogens with one attached hydrogen (secondary N) is 1. The highest BCUT2D eigenvalue weighted by atomic mass is 16.5. The summed E-state index contributed by atoms with van der Waals surface area (Å²) in [6.45, 7) is 1.51. The third-order valence-corrected chi connectivity index (χ3v) is 4.13. The van der Waals surface area contributed by atoms with Gasteiger partial charge in [0.15, 0.2) is 0 Å². The first-order valence-corrected chi connectivity index (χ1v) is 7.43. The molecule has 2 fully saturated rings. The summed E-state index contributed by atoms with van der Waals surface area (Å²) in [5.74, 6) is 1.05. The Hall–Kier alpha value is -1.55. The molecule has 4 nitrogen and oxygen atoms in total. The molecule has 1 aliphatic heterocycles. The minimum atomic E-state index is 0.169. The molecule has 0 aromatic heterocycles. The minimum absolute atomic E-state index is 0.169. The summed E-state index contributed by atoms with van der Waals surface area (Å²) in [6, 6.07) is 8.99. The third-order valence-electron chi connectivity index (χ3n) is 4.13. The molecule has 0 radical (unpaired) electrons. The van der Waals surface area contributed by atoms with Gasteiger partial charge in [0.2, 0.25) is 5.91 Å². The van der Waals surface area contributed by atoms with Gasteiger partial charge < -0.3 is 10.1 Å². The quantitative estimate of drug-likeness (QED) is 0.894. The number of amides is 1. The van der Waals surface area contributed by atoms with E-state index in [4.69, 9.17) is 4.74 Å². The third kappa shape index (κ3) is 3.12. The number of methoxy groups -OCH3 is 1. The first kappa shape index (κ1) is 13.4. The van der Waals surface area contributed by atoms with Gasteiger partial charge in [-0.05, 0) is 49.9 Å². The molecule has 0 spiro atoms. The van der Waals surface area contributed by atoms with Crippen LogP contribution in [0.4, 0.5) is 0 Å². The van der Waals surface area contributed by atoms with Crippen molar-refractivity contribution in [3.63, 3.8) is 0 Å². The van der Waals surface area contributed by atoms with Crippen molar-refractivity contribution in [1.82, 2.24) is 10.2 Å². The summed E-state index contributed by atoms with van der Waals surface area (Å²) in [5.41, 5.74) is 1.25. The van der Waals surface area contributed by atoms with Crippen molar-refractivity contribution in [3.8, 4) is 5.75 Å². The first-order chi connectivity index (χ1) is 9.76. The molecular weight excluding hydrogens is 252 g/mol. The summed E-state index contributed by atoms with van der Waals surface area (Å²) < 4.78 is 5.29. The fraction of sp³-hybridized carbons (Fsp3) is 0.562. The lowest BCUT2D eigenvalue weighted by molar-refractivity contribution is -0.122. The van der Waals surface area contributed by atoms with E-state index in [9.17, 15) is 4.79 Å². The van der Waals surface area contributed by atoms with Crippen LogP contribution in [0.2, 0.25) is 0 Å². The van der Waals surface area contributed by atoms with Gasteiger partial charge in [0.1, 0.15) is 5.75 Å². The maximum Gasteiger partial charge on any atom is 0.234 e. The zero-order valence-corrected chi connectivity index (χ0v) is 12.0. The van der Waals surface area contributed by atoms with Gasteiger partial charge in [-0.2, -0.15) is 0 Å². The Kier molecular flexibility index (Phi) is 3.92. The Morgan fingerprint density at radius 3 is 3.00 bits per heavy atom. The van der Waals surface area contributed by atoms with Crippen LogP contribution in [0.5, 0.6) is 5.75 Å². The Balaban J connectivity index is 1.65. The summed E-state index contributed by atoms with van der Waals surface area (Å²) >= 11 is 0. The maximum atomic E-state index is 12.0. The number of benzene rings is 1. The summed E-state index contributed by atoms with van der Waals surface area (Å²) in [7, 11) is 1.69. The number of hydrogen-bond donors (Lipinski definition) is 1. The molecule has 1 saturated carbocycles. The maximum absolute atomic E-state index is 12.0.